The number of hydrogen-bond acceptors (Lipinski definition) is 5. The van der Waals surface area contributed by atoms with Crippen LogP contribution in [-0.4, -0.2) is 50.5 Å². The molecule has 6 nitrogen and oxygen atoms in total. The van der Waals surface area contributed by atoms with Crippen LogP contribution in [0.3, 0.4) is 0 Å². The van der Waals surface area contributed by atoms with Gasteiger partial charge in [-0.1, -0.05) is 15.9 Å². The lowest BCUT2D eigenvalue weighted by atomic mass is 9.89. The van der Waals surface area contributed by atoms with Gasteiger partial charge in [-0.15, -0.1) is 12.4 Å². The van der Waals surface area contributed by atoms with Crippen LogP contribution in [0.2, 0.25) is 0 Å². The van der Waals surface area contributed by atoms with Crippen molar-refractivity contribution in [3.05, 3.63) is 23.5 Å². The largest absolute Gasteiger partial charge is 0.419 e. The van der Waals surface area contributed by atoms with Gasteiger partial charge in [-0.3, -0.25) is 9.69 Å². The molecule has 1 amide bonds. The molecule has 1 aliphatic carbocycles. The molecule has 0 aromatic carbocycles. The van der Waals surface area contributed by atoms with Crippen molar-refractivity contribution in [2.75, 3.05) is 16.8 Å². The monoisotopic (exact) mass is 554 g/mol. The highest BCUT2D eigenvalue weighted by Gasteiger charge is 2.52. The van der Waals surface area contributed by atoms with Crippen LogP contribution in [0.1, 0.15) is 50.8 Å². The molecule has 0 radical (unpaired) electrons. The van der Waals surface area contributed by atoms with Gasteiger partial charge in [0.05, 0.1) is 30.2 Å². The van der Waals surface area contributed by atoms with Gasteiger partial charge < -0.3 is 9.64 Å². The lowest BCUT2D eigenvalue weighted by Gasteiger charge is -2.40. The Kier molecular flexibility index (Phi) is 8.53. The van der Waals surface area contributed by atoms with E-state index in [2.05, 4.69) is 20.9 Å². The van der Waals surface area contributed by atoms with Gasteiger partial charge in [-0.25, -0.2) is 4.98 Å². The zero-order valence-electron chi connectivity index (χ0n) is 17.5. The summed E-state index contributed by atoms with van der Waals surface area (Å²) in [6.45, 7) is 4.07. The minimum absolute atomic E-state index is 0. The van der Waals surface area contributed by atoms with E-state index in [1.165, 1.54) is 6.07 Å². The molecule has 0 atom stereocenters. The van der Waals surface area contributed by atoms with Crippen LogP contribution in [0.25, 0.3) is 0 Å². The van der Waals surface area contributed by atoms with E-state index in [9.17, 15) is 18.0 Å². The number of alkyl halides is 4. The fourth-order valence-corrected chi connectivity index (χ4v) is 4.97. The molecule has 1 aromatic heterocycles. The Morgan fingerprint density at radius 3 is 2.50 bits per heavy atom. The molecule has 0 N–H and O–H groups in total. The van der Waals surface area contributed by atoms with Gasteiger partial charge in [0.1, 0.15) is 11.6 Å². The van der Waals surface area contributed by atoms with E-state index in [4.69, 9.17) is 22.2 Å². The van der Waals surface area contributed by atoms with Crippen LogP contribution in [-0.2, 0) is 15.7 Å². The number of carbonyl (C=O) groups is 1. The molecule has 0 spiro atoms. The first-order valence-corrected chi connectivity index (χ1v) is 11.4. The number of amides is 1. The van der Waals surface area contributed by atoms with Gasteiger partial charge in [-0.05, 0) is 57.8 Å². The minimum Gasteiger partial charge on any atom is -0.377 e. The van der Waals surface area contributed by atoms with E-state index in [1.807, 2.05) is 4.90 Å². The predicted molar refractivity (Wildman–Crippen MR) is 123 cm³/mol. The number of nitriles is 1. The van der Waals surface area contributed by atoms with Crippen LogP contribution in [0.5, 0.6) is 0 Å². The molecule has 0 unspecified atom stereocenters. The lowest BCUT2D eigenvalue weighted by Crippen LogP contribution is -2.51. The maximum absolute atomic E-state index is 13.4. The molecular weight excluding hydrogens is 533 g/mol. The quantitative estimate of drug-likeness (QED) is 0.383. The van der Waals surface area contributed by atoms with Gasteiger partial charge in [-0.2, -0.15) is 18.4 Å². The van der Waals surface area contributed by atoms with Gasteiger partial charge in [0.25, 0.3) is 5.91 Å². The van der Waals surface area contributed by atoms with E-state index >= 15 is 0 Å². The number of nitrogens with zero attached hydrogens (tertiary/aromatic N) is 4. The van der Waals surface area contributed by atoms with Crippen LogP contribution >= 0.6 is 40.6 Å². The second-order valence-electron chi connectivity index (χ2n) is 8.04. The number of thiocarbonyl (C=S) groups is 1. The third kappa shape index (κ3) is 5.03. The number of halogens is 5. The number of anilines is 1. The Morgan fingerprint density at radius 1 is 1.34 bits per heavy atom. The minimum atomic E-state index is -4.78. The van der Waals surface area contributed by atoms with E-state index in [0.29, 0.717) is 6.61 Å². The molecular formula is C20H23BrClF3N4O2S. The molecule has 2 aliphatic rings. The third-order valence-corrected chi connectivity index (χ3v) is 6.41. The van der Waals surface area contributed by atoms with E-state index in [1.54, 1.807) is 13.8 Å². The van der Waals surface area contributed by atoms with Crippen molar-refractivity contribution in [2.45, 2.75) is 63.4 Å². The summed E-state index contributed by atoms with van der Waals surface area (Å²) in [5, 5.41) is 9.89. The summed E-state index contributed by atoms with van der Waals surface area (Å²) < 4.78 is 45.9. The zero-order valence-corrected chi connectivity index (χ0v) is 20.7. The average Bonchev–Trinajstić information content (AvgIpc) is 2.90. The highest BCUT2D eigenvalue weighted by molar-refractivity contribution is 9.09. The molecule has 32 heavy (non-hydrogen) atoms. The first kappa shape index (κ1) is 26.8. The molecule has 1 saturated heterocycles. The van der Waals surface area contributed by atoms with Crippen LogP contribution in [0.4, 0.5) is 18.9 Å². The zero-order chi connectivity index (χ0) is 23.0. The normalized spacial score (nSPS) is 23.2. The Hall–Kier alpha value is -1.48. The fourth-order valence-electron chi connectivity index (χ4n) is 4.21. The smallest absolute Gasteiger partial charge is 0.377 e. The van der Waals surface area contributed by atoms with E-state index in [0.717, 1.165) is 48.2 Å². The molecule has 1 saturated carbocycles. The summed E-state index contributed by atoms with van der Waals surface area (Å²) in [5.74, 6) is -0.421. The maximum atomic E-state index is 13.4. The highest BCUT2D eigenvalue weighted by atomic mass is 79.9. The molecule has 3 rings (SSSR count). The van der Waals surface area contributed by atoms with Crippen molar-refractivity contribution in [3.63, 3.8) is 0 Å². The highest BCUT2D eigenvalue weighted by Crippen LogP contribution is 2.40. The van der Waals surface area contributed by atoms with Crippen LogP contribution in [0, 0.1) is 11.3 Å². The summed E-state index contributed by atoms with van der Waals surface area (Å²) in [6.07, 6.45) is -0.384. The summed E-state index contributed by atoms with van der Waals surface area (Å²) in [5.41, 5.74) is -3.04. The van der Waals surface area contributed by atoms with Gasteiger partial charge >= 0.3 is 6.18 Å². The van der Waals surface area contributed by atoms with Crippen LogP contribution in [0.15, 0.2) is 12.3 Å². The molecule has 1 aromatic rings. The van der Waals surface area contributed by atoms with Crippen LogP contribution < -0.4 is 4.90 Å². The summed E-state index contributed by atoms with van der Waals surface area (Å²) in [7, 11) is 0. The number of carbonyl (C=O) groups excluding carboxylic acids is 1. The molecule has 0 bridgehead atoms. The van der Waals surface area contributed by atoms with Gasteiger partial charge in [0, 0.05) is 11.4 Å². The number of ether oxygens (including phenoxy) is 1. The molecule has 12 heteroatoms. The van der Waals surface area contributed by atoms with Crippen molar-refractivity contribution < 1.29 is 22.7 Å². The van der Waals surface area contributed by atoms with Crippen molar-refractivity contribution in [1.82, 2.24) is 9.88 Å². The SMILES string of the molecule is CC1(C)C(=O)N(c2cnc(C#N)c(C(F)(F)F)c2)C(=S)N1C1CCC(OCCBr)CC1.Cl. The third-order valence-electron chi connectivity index (χ3n) is 5.71. The summed E-state index contributed by atoms with van der Waals surface area (Å²) in [4.78, 5) is 19.8. The first-order valence-electron chi connectivity index (χ1n) is 9.85. The second-order valence-corrected chi connectivity index (χ2v) is 9.20. The molecule has 1 aliphatic heterocycles. The number of pyridine rings is 1. The summed E-state index contributed by atoms with van der Waals surface area (Å²) >= 11 is 8.91. The topological polar surface area (TPSA) is 69.5 Å². The number of aromatic nitrogens is 1. The predicted octanol–water partition coefficient (Wildman–Crippen LogP) is 4.83. The van der Waals surface area contributed by atoms with Gasteiger partial charge in [0.15, 0.2) is 10.8 Å². The molecule has 2 heterocycles. The van der Waals surface area contributed by atoms with Gasteiger partial charge in [0.2, 0.25) is 0 Å². The van der Waals surface area contributed by atoms with Crippen molar-refractivity contribution >= 4 is 57.3 Å². The summed E-state index contributed by atoms with van der Waals surface area (Å²) in [6, 6.07) is 2.19. The second kappa shape index (κ2) is 10.2. The Labute approximate surface area is 204 Å². The van der Waals surface area contributed by atoms with E-state index < -0.39 is 28.9 Å². The number of hydrogen-bond donors (Lipinski definition) is 0. The van der Waals surface area contributed by atoms with Crippen molar-refractivity contribution in [1.29, 1.82) is 5.26 Å². The molecule has 176 valence electrons. The van der Waals surface area contributed by atoms with E-state index in [-0.39, 0.29) is 35.4 Å². The maximum Gasteiger partial charge on any atom is 0.419 e. The van der Waals surface area contributed by atoms with Crippen molar-refractivity contribution in [3.8, 4) is 6.07 Å². The average molecular weight is 556 g/mol. The Balaban J connectivity index is 0.00000363. The van der Waals surface area contributed by atoms with Crippen molar-refractivity contribution in [2.24, 2.45) is 0 Å². The Morgan fingerprint density at radius 2 is 1.97 bits per heavy atom. The first-order chi connectivity index (χ1) is 14.5. The molecule has 2 fully saturated rings. The standard InChI is InChI=1S/C20H22BrF3N4O2S.ClH/c1-19(2)17(29)27(13-9-15(20(22,23)24)16(10-25)26-11-13)18(31)28(19)12-3-5-14(6-4-12)30-8-7-21;/h9,11-12,14H,3-8H2,1-2H3;1H. The number of rotatable bonds is 5. The Bertz CT molecular complexity index is 917. The fraction of sp³-hybridized carbons (Fsp3) is 0.600. The lowest BCUT2D eigenvalue weighted by molar-refractivity contribution is -0.138.